The molecule has 0 aliphatic heterocycles. The van der Waals surface area contributed by atoms with Gasteiger partial charge in [-0.05, 0) is 40.2 Å². The van der Waals surface area contributed by atoms with Gasteiger partial charge in [0.15, 0.2) is 0 Å². The third-order valence-electron chi connectivity index (χ3n) is 3.63. The second kappa shape index (κ2) is 8.00. The van der Waals surface area contributed by atoms with Gasteiger partial charge >= 0.3 is 5.82 Å². The van der Waals surface area contributed by atoms with Gasteiger partial charge in [0.1, 0.15) is 6.20 Å². The van der Waals surface area contributed by atoms with E-state index in [1.54, 1.807) is 6.07 Å². The molecule has 0 unspecified atom stereocenters. The van der Waals surface area contributed by atoms with Gasteiger partial charge in [-0.2, -0.15) is 0 Å². The molecule has 3 aromatic rings. The summed E-state index contributed by atoms with van der Waals surface area (Å²) >= 11 is 36.7. The number of halogens is 6. The van der Waals surface area contributed by atoms with Crippen molar-refractivity contribution in [1.29, 1.82) is 0 Å². The number of hydrogen-bond donors (Lipinski definition) is 0. The van der Waals surface area contributed by atoms with Gasteiger partial charge in [-0.1, -0.05) is 69.6 Å². The molecule has 0 amide bonds. The molecule has 0 aliphatic rings. The van der Waals surface area contributed by atoms with Gasteiger partial charge < -0.3 is 10.1 Å². The fraction of sp³-hybridized carbons (Fsp3) is 0. The van der Waals surface area contributed by atoms with Crippen LogP contribution in [-0.4, -0.2) is 9.91 Å². The number of hydrogen-bond acceptors (Lipinski definition) is 3. The van der Waals surface area contributed by atoms with E-state index in [0.717, 1.165) is 0 Å². The van der Waals surface area contributed by atoms with Crippen molar-refractivity contribution in [2.75, 3.05) is 0 Å². The smallest absolute Gasteiger partial charge is 0.358 e. The van der Waals surface area contributed by atoms with Crippen molar-refractivity contribution in [2.24, 2.45) is 0 Å². The molecule has 1 heterocycles. The van der Waals surface area contributed by atoms with E-state index in [0.29, 0.717) is 16.1 Å². The molecule has 0 spiro atoms. The minimum absolute atomic E-state index is 0.110. The highest BCUT2D eigenvalue weighted by Gasteiger charge is 2.23. The second-order valence-corrected chi connectivity index (χ2v) is 7.79. The summed E-state index contributed by atoms with van der Waals surface area (Å²) in [5.74, 6) is -0.414. The number of aromatic nitrogens is 1. The van der Waals surface area contributed by atoms with E-state index in [2.05, 4.69) is 4.98 Å². The van der Waals surface area contributed by atoms with E-state index in [4.69, 9.17) is 69.6 Å². The van der Waals surface area contributed by atoms with Crippen LogP contribution in [0.2, 0.25) is 30.1 Å². The van der Waals surface area contributed by atoms with Gasteiger partial charge in [-0.3, -0.25) is 0 Å². The van der Waals surface area contributed by atoms with Crippen molar-refractivity contribution >= 4 is 75.4 Å². The Labute approximate surface area is 183 Å². The molecule has 0 saturated carbocycles. The zero-order valence-corrected chi connectivity index (χ0v) is 17.5. The van der Waals surface area contributed by atoms with Crippen molar-refractivity contribution in [3.05, 3.63) is 76.8 Å². The first-order chi connectivity index (χ1) is 12.7. The molecule has 0 atom stereocenters. The molecule has 4 nitrogen and oxygen atoms in total. The second-order valence-electron chi connectivity index (χ2n) is 5.35. The summed E-state index contributed by atoms with van der Waals surface area (Å²) in [6.45, 7) is 0. The average molecular weight is 483 g/mol. The largest absolute Gasteiger partial charge is 0.371 e. The molecule has 138 valence electrons. The molecule has 0 saturated heterocycles. The van der Waals surface area contributed by atoms with Crippen molar-refractivity contribution in [3.8, 4) is 22.3 Å². The highest BCUT2D eigenvalue weighted by molar-refractivity contribution is 6.46. The Morgan fingerprint density at radius 1 is 0.741 bits per heavy atom. The molecule has 0 aliphatic carbocycles. The SMILES string of the molecule is O=[N+]([O-])c1ncc(-c2cc(Cl)cc(Cl)c2Cl)cc1-c1cc(Cl)cc(Cl)c1Cl. The molecular weight excluding hydrogens is 477 g/mol. The summed E-state index contributed by atoms with van der Waals surface area (Å²) in [5, 5.41) is 12.8. The molecule has 10 heteroatoms. The predicted molar refractivity (Wildman–Crippen MR) is 112 cm³/mol. The van der Waals surface area contributed by atoms with Gasteiger partial charge in [-0.15, -0.1) is 0 Å². The predicted octanol–water partition coefficient (Wildman–Crippen LogP) is 8.24. The lowest BCUT2D eigenvalue weighted by Gasteiger charge is -2.11. The maximum atomic E-state index is 11.5. The highest BCUT2D eigenvalue weighted by Crippen LogP contribution is 2.43. The van der Waals surface area contributed by atoms with E-state index < -0.39 is 10.7 Å². The van der Waals surface area contributed by atoms with Crippen LogP contribution in [0.5, 0.6) is 0 Å². The quantitative estimate of drug-likeness (QED) is 0.214. The average Bonchev–Trinajstić information content (AvgIpc) is 2.60. The molecule has 2 aromatic carbocycles. The molecule has 0 fully saturated rings. The summed E-state index contributed by atoms with van der Waals surface area (Å²) in [6.07, 6.45) is 1.30. The van der Waals surface area contributed by atoms with Crippen molar-refractivity contribution in [3.63, 3.8) is 0 Å². The zero-order chi connectivity index (χ0) is 19.9. The molecule has 0 N–H and O–H groups in total. The molecular formula is C17H6Cl6N2O2. The summed E-state index contributed by atoms with van der Waals surface area (Å²) in [7, 11) is 0. The van der Waals surface area contributed by atoms with Gasteiger partial charge in [0.25, 0.3) is 0 Å². The molecule has 0 radical (unpaired) electrons. The Hall–Kier alpha value is -1.27. The fourth-order valence-electron chi connectivity index (χ4n) is 2.47. The Morgan fingerprint density at radius 2 is 1.26 bits per heavy atom. The molecule has 1 aromatic heterocycles. The molecule has 27 heavy (non-hydrogen) atoms. The van der Waals surface area contributed by atoms with E-state index in [1.165, 1.54) is 30.5 Å². The van der Waals surface area contributed by atoms with Crippen molar-refractivity contribution in [1.82, 2.24) is 4.98 Å². The maximum Gasteiger partial charge on any atom is 0.371 e. The molecule has 0 bridgehead atoms. The first kappa shape index (κ1) is 20.5. The summed E-state index contributed by atoms with van der Waals surface area (Å²) in [5.41, 5.74) is 1.30. The maximum absolute atomic E-state index is 11.5. The van der Waals surface area contributed by atoms with E-state index in [1.807, 2.05) is 0 Å². The Bertz CT molecular complexity index is 1090. The van der Waals surface area contributed by atoms with Gasteiger partial charge in [0.2, 0.25) is 0 Å². The highest BCUT2D eigenvalue weighted by atomic mass is 35.5. The summed E-state index contributed by atoms with van der Waals surface area (Å²) in [6, 6.07) is 7.48. The lowest BCUT2D eigenvalue weighted by atomic mass is 10.0. The van der Waals surface area contributed by atoms with Gasteiger partial charge in [0.05, 0.1) is 25.7 Å². The Balaban J connectivity index is 2.32. The fourth-order valence-corrected chi connectivity index (χ4v) is 3.88. The Morgan fingerprint density at radius 3 is 1.81 bits per heavy atom. The van der Waals surface area contributed by atoms with E-state index in [-0.39, 0.29) is 36.2 Å². The van der Waals surface area contributed by atoms with Crippen LogP contribution in [0.4, 0.5) is 5.82 Å². The third kappa shape index (κ3) is 4.11. The zero-order valence-electron chi connectivity index (χ0n) is 12.9. The molecule has 3 rings (SSSR count). The van der Waals surface area contributed by atoms with E-state index in [9.17, 15) is 10.1 Å². The van der Waals surface area contributed by atoms with Crippen LogP contribution in [-0.2, 0) is 0 Å². The van der Waals surface area contributed by atoms with Crippen molar-refractivity contribution in [2.45, 2.75) is 0 Å². The van der Waals surface area contributed by atoms with Crippen LogP contribution >= 0.6 is 69.6 Å². The lowest BCUT2D eigenvalue weighted by Crippen LogP contribution is -1.97. The number of nitrogens with zero attached hydrogens (tertiary/aromatic N) is 2. The van der Waals surface area contributed by atoms with Crippen LogP contribution in [0.3, 0.4) is 0 Å². The van der Waals surface area contributed by atoms with Crippen molar-refractivity contribution < 1.29 is 4.92 Å². The van der Waals surface area contributed by atoms with Crippen LogP contribution in [0, 0.1) is 10.1 Å². The summed E-state index contributed by atoms with van der Waals surface area (Å²) in [4.78, 5) is 14.8. The first-order valence-corrected chi connectivity index (χ1v) is 9.40. The van der Waals surface area contributed by atoms with Gasteiger partial charge in [0, 0.05) is 26.7 Å². The van der Waals surface area contributed by atoms with Crippen LogP contribution in [0.1, 0.15) is 0 Å². The van der Waals surface area contributed by atoms with Crippen LogP contribution in [0.25, 0.3) is 22.3 Å². The van der Waals surface area contributed by atoms with Gasteiger partial charge in [-0.25, -0.2) is 0 Å². The monoisotopic (exact) mass is 480 g/mol. The number of benzene rings is 2. The minimum atomic E-state index is -0.628. The normalized spacial score (nSPS) is 10.9. The summed E-state index contributed by atoms with van der Waals surface area (Å²) < 4.78 is 0. The van der Waals surface area contributed by atoms with Crippen LogP contribution in [0.15, 0.2) is 36.5 Å². The number of pyridine rings is 1. The minimum Gasteiger partial charge on any atom is -0.358 e. The standard InChI is InChI=1S/C17H6Cl6N2O2/c18-8-2-10(15(22)13(20)4-8)7-1-12(17(24-6-7)25(26)27)11-3-9(19)5-14(21)16(11)23/h1-6H. The number of rotatable bonds is 3. The topological polar surface area (TPSA) is 56.0 Å². The van der Waals surface area contributed by atoms with E-state index >= 15 is 0 Å². The third-order valence-corrected chi connectivity index (χ3v) is 5.67. The van der Waals surface area contributed by atoms with Crippen LogP contribution < -0.4 is 0 Å². The number of nitro groups is 1. The lowest BCUT2D eigenvalue weighted by molar-refractivity contribution is -0.388. The Kier molecular flexibility index (Phi) is 6.06. The first-order valence-electron chi connectivity index (χ1n) is 7.13.